The predicted molar refractivity (Wildman–Crippen MR) is 124 cm³/mol. The molecule has 5 nitrogen and oxygen atoms in total. The summed E-state index contributed by atoms with van der Waals surface area (Å²) in [4.78, 5) is 10.7. The molecule has 1 aliphatic rings. The molecule has 0 amide bonds. The molecule has 5 heteroatoms. The van der Waals surface area contributed by atoms with E-state index >= 15 is 0 Å². The van der Waals surface area contributed by atoms with Crippen LogP contribution >= 0.6 is 0 Å². The van der Waals surface area contributed by atoms with Crippen molar-refractivity contribution in [3.05, 3.63) is 23.5 Å². The Bertz CT molecular complexity index is 410. The Morgan fingerprint density at radius 3 is 2.14 bits per heavy atom. The van der Waals surface area contributed by atoms with Crippen molar-refractivity contribution < 1.29 is 19.4 Å². The fraction of sp³-hybridized carbons (Fsp3) is 0.708. The summed E-state index contributed by atoms with van der Waals surface area (Å²) in [6.07, 6.45) is 21.1. The first-order valence-electron chi connectivity index (χ1n) is 10.5. The highest BCUT2D eigenvalue weighted by Crippen LogP contribution is 2.22. The number of allylic oxidation sites excluding steroid dienone is 2. The maximum absolute atomic E-state index is 8.74. The van der Waals surface area contributed by atoms with E-state index in [1.54, 1.807) is 14.2 Å². The normalized spacial score (nSPS) is 14.5. The molecule has 0 aromatic rings. The summed E-state index contributed by atoms with van der Waals surface area (Å²) < 4.78 is 10.0. The standard InChI is InChI=1S/C11H23N.C10H18O3.C2H2.CH2O/c1-3-10-12(4-2)11-8-6-5-7-9-11;1-4-9(5-6-11)7-10(13-3)8-12-2;2*1-2/h11H,3-10H2,1-2H3;4,7,11H,5-6,8H2,1-3H3;1-2H;1H2/b;9-4-,10-7+;;. The van der Waals surface area contributed by atoms with Gasteiger partial charge < -0.3 is 24.3 Å². The maximum atomic E-state index is 8.74. The first-order chi connectivity index (χ1) is 14.2. The molecule has 1 saturated carbocycles. The first-order valence-corrected chi connectivity index (χ1v) is 10.5. The van der Waals surface area contributed by atoms with Crippen LogP contribution in [0.5, 0.6) is 0 Å². The third-order valence-corrected chi connectivity index (χ3v) is 4.67. The monoisotopic (exact) mass is 411 g/mol. The number of carbonyl (C=O) groups is 1. The van der Waals surface area contributed by atoms with Gasteiger partial charge in [0.05, 0.1) is 7.11 Å². The van der Waals surface area contributed by atoms with Crippen molar-refractivity contribution in [2.24, 2.45) is 0 Å². The second-order valence-electron chi connectivity index (χ2n) is 6.51. The van der Waals surface area contributed by atoms with Gasteiger partial charge in [-0.05, 0) is 57.3 Å². The number of rotatable bonds is 10. The number of aliphatic hydroxyl groups is 1. The van der Waals surface area contributed by atoms with Crippen LogP contribution in [0.3, 0.4) is 0 Å². The number of nitrogens with zero attached hydrogens (tertiary/aromatic N) is 1. The highest BCUT2D eigenvalue weighted by Gasteiger charge is 2.18. The van der Waals surface area contributed by atoms with E-state index in [1.165, 1.54) is 51.6 Å². The SMILES string of the molecule is C#C.C/C=C(\C=C(/COC)OC)CCO.C=O.CCCN(CC)C1CCCCC1. The van der Waals surface area contributed by atoms with E-state index in [9.17, 15) is 0 Å². The summed E-state index contributed by atoms with van der Waals surface area (Å²) in [7, 11) is 3.23. The smallest absolute Gasteiger partial charge is 0.121 e. The van der Waals surface area contributed by atoms with Gasteiger partial charge >= 0.3 is 0 Å². The molecule has 1 fully saturated rings. The van der Waals surface area contributed by atoms with Gasteiger partial charge in [0.25, 0.3) is 0 Å². The van der Waals surface area contributed by atoms with Crippen LogP contribution in [0.1, 0.15) is 65.7 Å². The summed E-state index contributed by atoms with van der Waals surface area (Å²) in [6.45, 7) is 11.7. The molecule has 1 N–H and O–H groups in total. The van der Waals surface area contributed by atoms with Crippen LogP contribution in [-0.2, 0) is 14.3 Å². The molecule has 29 heavy (non-hydrogen) atoms. The van der Waals surface area contributed by atoms with Crippen LogP contribution in [0.2, 0.25) is 0 Å². The Kier molecular flexibility index (Phi) is 29.2. The molecule has 0 aromatic carbocycles. The van der Waals surface area contributed by atoms with E-state index < -0.39 is 0 Å². The number of ether oxygens (including phenoxy) is 2. The zero-order valence-corrected chi connectivity index (χ0v) is 19.5. The minimum absolute atomic E-state index is 0.153. The summed E-state index contributed by atoms with van der Waals surface area (Å²) in [5.41, 5.74) is 1.05. The highest BCUT2D eigenvalue weighted by atomic mass is 16.5. The number of carbonyl (C=O) groups excluding carboxylic acids is 1. The topological polar surface area (TPSA) is 59.0 Å². The molecule has 0 aromatic heterocycles. The van der Waals surface area contributed by atoms with Crippen molar-refractivity contribution in [2.75, 3.05) is 40.5 Å². The lowest BCUT2D eigenvalue weighted by Crippen LogP contribution is -2.37. The van der Waals surface area contributed by atoms with E-state index in [1.807, 2.05) is 25.9 Å². The average molecular weight is 412 g/mol. The van der Waals surface area contributed by atoms with Crippen LogP contribution in [0.25, 0.3) is 0 Å². The molecule has 1 aliphatic carbocycles. The molecule has 0 radical (unpaired) electrons. The van der Waals surface area contributed by atoms with Gasteiger partial charge in [-0.1, -0.05) is 39.2 Å². The number of terminal acetylenes is 1. The van der Waals surface area contributed by atoms with Crippen LogP contribution < -0.4 is 0 Å². The van der Waals surface area contributed by atoms with Crippen molar-refractivity contribution in [1.82, 2.24) is 4.90 Å². The summed E-state index contributed by atoms with van der Waals surface area (Å²) in [6, 6.07) is 0.920. The Balaban J connectivity index is -0.000000398. The van der Waals surface area contributed by atoms with Gasteiger partial charge in [0.2, 0.25) is 0 Å². The zero-order valence-electron chi connectivity index (χ0n) is 19.5. The van der Waals surface area contributed by atoms with E-state index in [4.69, 9.17) is 19.4 Å². The van der Waals surface area contributed by atoms with E-state index in [2.05, 4.69) is 31.6 Å². The summed E-state index contributed by atoms with van der Waals surface area (Å²) in [5.74, 6) is 0.768. The van der Waals surface area contributed by atoms with Gasteiger partial charge in [-0.25, -0.2) is 0 Å². The molecule has 0 unspecified atom stereocenters. The summed E-state index contributed by atoms with van der Waals surface area (Å²) >= 11 is 0. The van der Waals surface area contributed by atoms with Crippen molar-refractivity contribution in [1.29, 1.82) is 0 Å². The van der Waals surface area contributed by atoms with Crippen LogP contribution in [-0.4, -0.2) is 63.4 Å². The van der Waals surface area contributed by atoms with Gasteiger partial charge in [0.15, 0.2) is 0 Å². The lowest BCUT2D eigenvalue weighted by Gasteiger charge is -2.33. The Hall–Kier alpha value is -1.61. The molecule has 0 bridgehead atoms. The Morgan fingerprint density at radius 1 is 1.17 bits per heavy atom. The van der Waals surface area contributed by atoms with Crippen molar-refractivity contribution in [3.63, 3.8) is 0 Å². The first kappa shape index (κ1) is 32.1. The molecule has 0 spiro atoms. The lowest BCUT2D eigenvalue weighted by molar-refractivity contribution is -0.0979. The number of methoxy groups -OCH3 is 2. The van der Waals surface area contributed by atoms with Crippen LogP contribution in [0, 0.1) is 12.8 Å². The lowest BCUT2D eigenvalue weighted by atomic mass is 9.94. The van der Waals surface area contributed by atoms with Crippen LogP contribution in [0.15, 0.2) is 23.5 Å². The molecule has 0 saturated heterocycles. The zero-order chi connectivity index (χ0) is 22.9. The molecular weight excluding hydrogens is 366 g/mol. The Morgan fingerprint density at radius 2 is 1.76 bits per heavy atom. The highest BCUT2D eigenvalue weighted by molar-refractivity contribution is 5.20. The van der Waals surface area contributed by atoms with E-state index in [0.717, 1.165) is 17.4 Å². The predicted octanol–water partition coefficient (Wildman–Crippen LogP) is 4.61. The number of hydrogen-bond donors (Lipinski definition) is 1. The van der Waals surface area contributed by atoms with Gasteiger partial charge in [-0.2, -0.15) is 0 Å². The molecular formula is C24H45NO4. The van der Waals surface area contributed by atoms with Gasteiger partial charge in [-0.3, -0.25) is 0 Å². The minimum atomic E-state index is 0.153. The molecule has 1 rings (SSSR count). The quantitative estimate of drug-likeness (QED) is 0.323. The third-order valence-electron chi connectivity index (χ3n) is 4.67. The van der Waals surface area contributed by atoms with Gasteiger partial charge in [0, 0.05) is 19.8 Å². The molecule has 0 heterocycles. The molecule has 0 aliphatic heterocycles. The van der Waals surface area contributed by atoms with Crippen molar-refractivity contribution >= 4 is 6.79 Å². The van der Waals surface area contributed by atoms with Crippen molar-refractivity contribution in [2.45, 2.75) is 71.8 Å². The molecule has 0 atom stereocenters. The van der Waals surface area contributed by atoms with Gasteiger partial charge in [-0.15, -0.1) is 12.8 Å². The largest absolute Gasteiger partial charge is 0.499 e. The van der Waals surface area contributed by atoms with Crippen molar-refractivity contribution in [3.8, 4) is 12.8 Å². The average Bonchev–Trinajstić information content (AvgIpc) is 2.80. The number of hydrogen-bond acceptors (Lipinski definition) is 5. The minimum Gasteiger partial charge on any atom is -0.499 e. The van der Waals surface area contributed by atoms with E-state index in [-0.39, 0.29) is 6.61 Å². The fourth-order valence-corrected chi connectivity index (χ4v) is 3.27. The number of aliphatic hydroxyl groups excluding tert-OH is 1. The second-order valence-corrected chi connectivity index (χ2v) is 6.51. The van der Waals surface area contributed by atoms with Crippen LogP contribution in [0.4, 0.5) is 0 Å². The van der Waals surface area contributed by atoms with Gasteiger partial charge in [0.1, 0.15) is 19.2 Å². The summed E-state index contributed by atoms with van der Waals surface area (Å²) in [5, 5.41) is 8.74. The maximum Gasteiger partial charge on any atom is 0.121 e. The Labute approximate surface area is 180 Å². The second kappa shape index (κ2) is 26.4. The van der Waals surface area contributed by atoms with E-state index in [0.29, 0.717) is 13.0 Å². The fourth-order valence-electron chi connectivity index (χ4n) is 3.27. The third kappa shape index (κ3) is 18.2. The molecule has 170 valence electrons.